The van der Waals surface area contributed by atoms with E-state index in [0.29, 0.717) is 31.1 Å². The predicted molar refractivity (Wildman–Crippen MR) is 103 cm³/mol. The highest BCUT2D eigenvalue weighted by atomic mass is 32.2. The number of rotatable bonds is 6. The minimum absolute atomic E-state index is 0.135. The molecule has 2 amide bonds. The number of hydrogen-bond acceptors (Lipinski definition) is 5. The summed E-state index contributed by atoms with van der Waals surface area (Å²) >= 11 is 0. The monoisotopic (exact) mass is 397 g/mol. The maximum Gasteiger partial charge on any atom is 0.321 e. The molecular weight excluding hydrogens is 370 g/mol. The molecule has 2 N–H and O–H groups in total. The molecule has 2 aliphatic heterocycles. The largest absolute Gasteiger partial charge is 0.491 e. The average molecular weight is 397 g/mol. The van der Waals surface area contributed by atoms with E-state index >= 15 is 0 Å². The number of carbonyl (C=O) groups excluding carboxylic acids is 1. The number of carbonyl (C=O) groups is 1. The van der Waals surface area contributed by atoms with Crippen molar-refractivity contribution in [1.82, 2.24) is 9.62 Å². The molecule has 27 heavy (non-hydrogen) atoms. The molecule has 0 bridgehead atoms. The summed E-state index contributed by atoms with van der Waals surface area (Å²) in [6.45, 7) is 2.24. The Balaban J connectivity index is 1.53. The van der Waals surface area contributed by atoms with Crippen molar-refractivity contribution < 1.29 is 22.7 Å². The van der Waals surface area contributed by atoms with Crippen LogP contribution >= 0.6 is 0 Å². The van der Waals surface area contributed by atoms with Gasteiger partial charge in [0, 0.05) is 37.5 Å². The van der Waals surface area contributed by atoms with Gasteiger partial charge in [0.05, 0.1) is 12.4 Å². The Morgan fingerprint density at radius 1 is 1.33 bits per heavy atom. The molecule has 0 spiro atoms. The molecule has 1 aromatic carbocycles. The molecule has 2 atom stereocenters. The lowest BCUT2D eigenvalue weighted by Gasteiger charge is -2.32. The SMILES string of the molecule is CS(=O)(=O)NC1CCCN(C(=O)Nc2cccc(OCC3CCCO3)c2)C1. The number of likely N-dealkylation sites (tertiary alicyclic amines) is 1. The molecule has 2 aliphatic rings. The van der Waals surface area contributed by atoms with Crippen molar-refractivity contribution in [3.63, 3.8) is 0 Å². The molecule has 0 saturated carbocycles. The zero-order valence-electron chi connectivity index (χ0n) is 15.5. The van der Waals surface area contributed by atoms with Crippen molar-refractivity contribution in [3.05, 3.63) is 24.3 Å². The zero-order chi connectivity index (χ0) is 19.3. The Hall–Kier alpha value is -1.84. The maximum absolute atomic E-state index is 12.5. The van der Waals surface area contributed by atoms with Crippen LogP contribution in [0.5, 0.6) is 5.75 Å². The lowest BCUT2D eigenvalue weighted by atomic mass is 10.1. The first kappa shape index (κ1) is 19.9. The highest BCUT2D eigenvalue weighted by Crippen LogP contribution is 2.20. The van der Waals surface area contributed by atoms with Crippen molar-refractivity contribution in [3.8, 4) is 5.75 Å². The van der Waals surface area contributed by atoms with Crippen molar-refractivity contribution >= 4 is 21.7 Å². The summed E-state index contributed by atoms with van der Waals surface area (Å²) in [5.41, 5.74) is 0.642. The van der Waals surface area contributed by atoms with Gasteiger partial charge >= 0.3 is 6.03 Å². The van der Waals surface area contributed by atoms with Crippen LogP contribution in [-0.4, -0.2) is 64.1 Å². The van der Waals surface area contributed by atoms with Crippen molar-refractivity contribution in [2.75, 3.05) is 37.9 Å². The van der Waals surface area contributed by atoms with Gasteiger partial charge in [-0.1, -0.05) is 6.07 Å². The van der Waals surface area contributed by atoms with Gasteiger partial charge in [-0.15, -0.1) is 0 Å². The Morgan fingerprint density at radius 3 is 2.93 bits per heavy atom. The third kappa shape index (κ3) is 6.37. The summed E-state index contributed by atoms with van der Waals surface area (Å²) in [6, 6.07) is 6.75. The number of urea groups is 1. The van der Waals surface area contributed by atoms with Gasteiger partial charge in [-0.25, -0.2) is 17.9 Å². The van der Waals surface area contributed by atoms with Crippen molar-refractivity contribution in [1.29, 1.82) is 0 Å². The van der Waals surface area contributed by atoms with E-state index in [1.807, 2.05) is 12.1 Å². The summed E-state index contributed by atoms with van der Waals surface area (Å²) in [5, 5.41) is 2.86. The van der Waals surface area contributed by atoms with E-state index in [4.69, 9.17) is 9.47 Å². The quantitative estimate of drug-likeness (QED) is 0.763. The normalized spacial score (nSPS) is 23.2. The molecule has 8 nitrogen and oxygen atoms in total. The molecule has 0 aliphatic carbocycles. The lowest BCUT2D eigenvalue weighted by molar-refractivity contribution is 0.0680. The number of anilines is 1. The van der Waals surface area contributed by atoms with Gasteiger partial charge in [-0.2, -0.15) is 0 Å². The highest BCUT2D eigenvalue weighted by molar-refractivity contribution is 7.88. The Kier molecular flexibility index (Phi) is 6.56. The summed E-state index contributed by atoms with van der Waals surface area (Å²) < 4.78 is 36.7. The Labute approximate surface area is 160 Å². The number of piperidine rings is 1. The molecule has 2 saturated heterocycles. The molecule has 9 heteroatoms. The topological polar surface area (TPSA) is 97.0 Å². The first-order chi connectivity index (χ1) is 12.9. The molecule has 2 fully saturated rings. The van der Waals surface area contributed by atoms with Crippen LogP contribution in [0.4, 0.5) is 10.5 Å². The number of ether oxygens (including phenoxy) is 2. The maximum atomic E-state index is 12.5. The molecule has 0 aromatic heterocycles. The van der Waals surface area contributed by atoms with E-state index in [2.05, 4.69) is 10.0 Å². The molecule has 2 unspecified atom stereocenters. The van der Waals surface area contributed by atoms with Crippen LogP contribution in [-0.2, 0) is 14.8 Å². The fraction of sp³-hybridized carbons (Fsp3) is 0.611. The van der Waals surface area contributed by atoms with E-state index in [0.717, 1.165) is 38.5 Å². The van der Waals surface area contributed by atoms with E-state index < -0.39 is 10.0 Å². The second kappa shape index (κ2) is 8.90. The molecule has 3 rings (SSSR count). The van der Waals surface area contributed by atoms with Crippen LogP contribution in [0.3, 0.4) is 0 Å². The second-order valence-electron chi connectivity index (χ2n) is 7.08. The summed E-state index contributed by atoms with van der Waals surface area (Å²) in [6.07, 6.45) is 4.82. The number of nitrogens with zero attached hydrogens (tertiary/aromatic N) is 1. The van der Waals surface area contributed by atoms with Gasteiger partial charge in [-0.3, -0.25) is 0 Å². The third-order valence-electron chi connectivity index (χ3n) is 4.63. The Bertz CT molecular complexity index is 749. The molecule has 0 radical (unpaired) electrons. The van der Waals surface area contributed by atoms with Crippen LogP contribution in [0.2, 0.25) is 0 Å². The number of nitrogens with one attached hydrogen (secondary N) is 2. The lowest BCUT2D eigenvalue weighted by Crippen LogP contribution is -2.50. The molecule has 150 valence electrons. The van der Waals surface area contributed by atoms with Crippen molar-refractivity contribution in [2.45, 2.75) is 37.8 Å². The van der Waals surface area contributed by atoms with Crippen molar-refractivity contribution in [2.24, 2.45) is 0 Å². The number of sulfonamides is 1. The fourth-order valence-corrected chi connectivity index (χ4v) is 4.19. The van der Waals surface area contributed by atoms with E-state index in [9.17, 15) is 13.2 Å². The molecule has 2 heterocycles. The van der Waals surface area contributed by atoms with Gasteiger partial charge in [0.1, 0.15) is 12.4 Å². The zero-order valence-corrected chi connectivity index (χ0v) is 16.3. The first-order valence-electron chi connectivity index (χ1n) is 9.27. The fourth-order valence-electron chi connectivity index (χ4n) is 3.39. The average Bonchev–Trinajstić information content (AvgIpc) is 3.13. The van der Waals surface area contributed by atoms with Crippen LogP contribution in [0.25, 0.3) is 0 Å². The first-order valence-corrected chi connectivity index (χ1v) is 11.2. The summed E-state index contributed by atoms with van der Waals surface area (Å²) in [4.78, 5) is 14.2. The number of hydrogen-bond donors (Lipinski definition) is 2. The number of benzene rings is 1. The van der Waals surface area contributed by atoms with Gasteiger partial charge < -0.3 is 19.7 Å². The smallest absolute Gasteiger partial charge is 0.321 e. The Morgan fingerprint density at radius 2 is 2.19 bits per heavy atom. The summed E-state index contributed by atoms with van der Waals surface area (Å²) in [5.74, 6) is 0.679. The minimum Gasteiger partial charge on any atom is -0.491 e. The van der Waals surface area contributed by atoms with Gasteiger partial charge in [0.25, 0.3) is 0 Å². The van der Waals surface area contributed by atoms with E-state index in [-0.39, 0.29) is 18.2 Å². The van der Waals surface area contributed by atoms with Gasteiger partial charge in [0.2, 0.25) is 10.0 Å². The third-order valence-corrected chi connectivity index (χ3v) is 5.40. The predicted octanol–water partition coefficient (Wildman–Crippen LogP) is 1.79. The second-order valence-corrected chi connectivity index (χ2v) is 8.86. The van der Waals surface area contributed by atoms with E-state index in [1.165, 1.54) is 0 Å². The summed E-state index contributed by atoms with van der Waals surface area (Å²) in [7, 11) is -3.29. The van der Waals surface area contributed by atoms with Gasteiger partial charge in [0.15, 0.2) is 0 Å². The highest BCUT2D eigenvalue weighted by Gasteiger charge is 2.25. The van der Waals surface area contributed by atoms with Crippen LogP contribution < -0.4 is 14.8 Å². The minimum atomic E-state index is -3.29. The van der Waals surface area contributed by atoms with Crippen LogP contribution in [0.1, 0.15) is 25.7 Å². The molecular formula is C18H27N3O5S. The number of amides is 2. The molecule has 1 aromatic rings. The van der Waals surface area contributed by atoms with Gasteiger partial charge in [-0.05, 0) is 37.8 Å². The standard InChI is InChI=1S/C18H27N3O5S/c1-27(23,24)20-15-6-3-9-21(12-15)18(22)19-14-5-2-7-16(11-14)26-13-17-8-4-10-25-17/h2,5,7,11,15,17,20H,3-4,6,8-10,12-13H2,1H3,(H,19,22). The van der Waals surface area contributed by atoms with Crippen LogP contribution in [0.15, 0.2) is 24.3 Å². The van der Waals surface area contributed by atoms with E-state index in [1.54, 1.807) is 17.0 Å². The van der Waals surface area contributed by atoms with Crippen LogP contribution in [0, 0.1) is 0 Å².